The van der Waals surface area contributed by atoms with Gasteiger partial charge in [-0.25, -0.2) is 0 Å². The molecule has 1 saturated carbocycles. The van der Waals surface area contributed by atoms with Gasteiger partial charge in [-0.05, 0) is 49.3 Å². The van der Waals surface area contributed by atoms with Crippen LogP contribution in [0.2, 0.25) is 5.02 Å². The first-order valence-electron chi connectivity index (χ1n) is 9.64. The molecule has 1 heterocycles. The van der Waals surface area contributed by atoms with Crippen molar-refractivity contribution in [3.05, 3.63) is 34.9 Å². The Morgan fingerprint density at radius 3 is 2.89 bits per heavy atom. The summed E-state index contributed by atoms with van der Waals surface area (Å²) in [4.78, 5) is 4.32. The average molecular weight is 508 g/mol. The summed E-state index contributed by atoms with van der Waals surface area (Å²) in [5, 5.41) is 7.67. The minimum absolute atomic E-state index is 0. The van der Waals surface area contributed by atoms with Crippen LogP contribution in [0.5, 0.6) is 0 Å². The number of hydrogen-bond acceptors (Lipinski definition) is 3. The molecule has 0 aromatic heterocycles. The third-order valence-electron chi connectivity index (χ3n) is 5.07. The number of aliphatic imine (C=N–C) groups is 1. The lowest BCUT2D eigenvalue weighted by Crippen LogP contribution is -2.39. The maximum Gasteiger partial charge on any atom is 0.191 e. The molecule has 1 aliphatic carbocycles. The van der Waals surface area contributed by atoms with E-state index in [-0.39, 0.29) is 24.0 Å². The van der Waals surface area contributed by atoms with E-state index in [4.69, 9.17) is 21.1 Å². The summed E-state index contributed by atoms with van der Waals surface area (Å²) in [6.07, 6.45) is 4.36. The number of ether oxygens (including phenoxy) is 2. The predicted octanol–water partition coefficient (Wildman–Crippen LogP) is 3.81. The molecule has 2 N–H and O–H groups in total. The molecule has 5 nitrogen and oxygen atoms in total. The van der Waals surface area contributed by atoms with Gasteiger partial charge in [-0.1, -0.05) is 23.7 Å². The van der Waals surface area contributed by atoms with Crippen molar-refractivity contribution in [2.45, 2.75) is 37.6 Å². The van der Waals surface area contributed by atoms with Gasteiger partial charge in [-0.3, -0.25) is 4.99 Å². The minimum Gasteiger partial charge on any atom is -0.381 e. The SMILES string of the molecule is CN=C(NCCCOCC1CCOCC1)NC1CC1c1cccc(Cl)c1.I. The number of hydrogen-bond donors (Lipinski definition) is 2. The quantitative estimate of drug-likeness (QED) is 0.243. The largest absolute Gasteiger partial charge is 0.381 e. The maximum atomic E-state index is 6.08. The van der Waals surface area contributed by atoms with Gasteiger partial charge < -0.3 is 20.1 Å². The second-order valence-electron chi connectivity index (χ2n) is 7.13. The van der Waals surface area contributed by atoms with Crippen molar-refractivity contribution >= 4 is 41.5 Å². The highest BCUT2D eigenvalue weighted by molar-refractivity contribution is 14.0. The first-order chi connectivity index (χ1) is 12.8. The van der Waals surface area contributed by atoms with E-state index in [9.17, 15) is 0 Å². The fourth-order valence-corrected chi connectivity index (χ4v) is 3.57. The second-order valence-corrected chi connectivity index (χ2v) is 7.57. The first-order valence-corrected chi connectivity index (χ1v) is 10.0. The van der Waals surface area contributed by atoms with Gasteiger partial charge >= 0.3 is 0 Å². The second kappa shape index (κ2) is 12.1. The predicted molar refractivity (Wildman–Crippen MR) is 121 cm³/mol. The van der Waals surface area contributed by atoms with Gasteiger partial charge in [-0.15, -0.1) is 24.0 Å². The molecule has 152 valence electrons. The van der Waals surface area contributed by atoms with Crippen LogP contribution in [0.15, 0.2) is 29.3 Å². The van der Waals surface area contributed by atoms with Crippen LogP contribution >= 0.6 is 35.6 Å². The van der Waals surface area contributed by atoms with Crippen molar-refractivity contribution in [3.8, 4) is 0 Å². The lowest BCUT2D eigenvalue weighted by Gasteiger charge is -2.21. The molecule has 2 unspecified atom stereocenters. The van der Waals surface area contributed by atoms with Gasteiger partial charge in [-0.2, -0.15) is 0 Å². The molecule has 1 aromatic carbocycles. The van der Waals surface area contributed by atoms with E-state index >= 15 is 0 Å². The molecule has 0 bridgehead atoms. The molecule has 27 heavy (non-hydrogen) atoms. The molecule has 2 aliphatic rings. The van der Waals surface area contributed by atoms with Gasteiger partial charge in [0.15, 0.2) is 5.96 Å². The number of nitrogens with zero attached hydrogens (tertiary/aromatic N) is 1. The summed E-state index contributed by atoms with van der Waals surface area (Å²) < 4.78 is 11.2. The number of benzene rings is 1. The molecule has 1 aliphatic heterocycles. The Kier molecular flexibility index (Phi) is 10.2. The highest BCUT2D eigenvalue weighted by Gasteiger charge is 2.39. The number of nitrogens with one attached hydrogen (secondary N) is 2. The molecule has 0 radical (unpaired) electrons. The molecular weight excluding hydrogens is 477 g/mol. The fourth-order valence-electron chi connectivity index (χ4n) is 3.37. The Morgan fingerprint density at radius 2 is 2.15 bits per heavy atom. The van der Waals surface area contributed by atoms with Gasteiger partial charge in [0.2, 0.25) is 0 Å². The topological polar surface area (TPSA) is 54.9 Å². The van der Waals surface area contributed by atoms with Crippen LogP contribution in [0.25, 0.3) is 0 Å². The molecule has 2 fully saturated rings. The zero-order chi connectivity index (χ0) is 18.2. The average Bonchev–Trinajstić information content (AvgIpc) is 3.43. The van der Waals surface area contributed by atoms with Crippen molar-refractivity contribution in [2.75, 3.05) is 40.0 Å². The fraction of sp³-hybridized carbons (Fsp3) is 0.650. The molecule has 2 atom stereocenters. The summed E-state index contributed by atoms with van der Waals surface area (Å²) in [6, 6.07) is 8.56. The first kappa shape index (κ1) is 22.7. The lowest BCUT2D eigenvalue weighted by molar-refractivity contribution is 0.0203. The summed E-state index contributed by atoms with van der Waals surface area (Å²) in [6.45, 7) is 4.28. The number of guanidine groups is 1. The molecular formula is C20H31ClIN3O2. The van der Waals surface area contributed by atoms with Crippen molar-refractivity contribution < 1.29 is 9.47 Å². The van der Waals surface area contributed by atoms with Gasteiger partial charge in [0, 0.05) is 57.0 Å². The summed E-state index contributed by atoms with van der Waals surface area (Å²) >= 11 is 6.08. The molecule has 1 aromatic rings. The zero-order valence-electron chi connectivity index (χ0n) is 16.0. The van der Waals surface area contributed by atoms with Crippen LogP contribution in [0.4, 0.5) is 0 Å². The highest BCUT2D eigenvalue weighted by atomic mass is 127. The van der Waals surface area contributed by atoms with E-state index in [1.807, 2.05) is 19.2 Å². The Bertz CT molecular complexity index is 596. The standard InChI is InChI=1S/C20H30ClN3O2.HI/c1-22-20(23-8-3-9-26-14-15-6-10-25-11-7-15)24-19-13-18(19)16-4-2-5-17(21)12-16;/h2,4-5,12,15,18-19H,3,6-11,13-14H2,1H3,(H2,22,23,24);1H. The van der Waals surface area contributed by atoms with Crippen LogP contribution in [0.1, 0.15) is 37.2 Å². The molecule has 0 spiro atoms. The van der Waals surface area contributed by atoms with Crippen LogP contribution in [-0.4, -0.2) is 52.0 Å². The summed E-state index contributed by atoms with van der Waals surface area (Å²) in [7, 11) is 1.81. The van der Waals surface area contributed by atoms with Crippen molar-refractivity contribution in [2.24, 2.45) is 10.9 Å². The monoisotopic (exact) mass is 507 g/mol. The van der Waals surface area contributed by atoms with Crippen molar-refractivity contribution in [3.63, 3.8) is 0 Å². The maximum absolute atomic E-state index is 6.08. The third-order valence-corrected chi connectivity index (χ3v) is 5.30. The van der Waals surface area contributed by atoms with Gasteiger partial charge in [0.25, 0.3) is 0 Å². The third kappa shape index (κ3) is 7.75. The van der Waals surface area contributed by atoms with Crippen LogP contribution in [0, 0.1) is 5.92 Å². The molecule has 1 saturated heterocycles. The van der Waals surface area contributed by atoms with E-state index in [1.165, 1.54) is 5.56 Å². The van der Waals surface area contributed by atoms with Crippen LogP contribution in [-0.2, 0) is 9.47 Å². The van der Waals surface area contributed by atoms with E-state index in [1.54, 1.807) is 0 Å². The molecule has 3 rings (SSSR count). The molecule has 0 amide bonds. The number of rotatable bonds is 8. The smallest absolute Gasteiger partial charge is 0.191 e. The van der Waals surface area contributed by atoms with E-state index in [0.717, 1.165) is 69.6 Å². The zero-order valence-corrected chi connectivity index (χ0v) is 19.0. The molecule has 7 heteroatoms. The Hall–Kier alpha value is -0.570. The summed E-state index contributed by atoms with van der Waals surface area (Å²) in [5.41, 5.74) is 1.30. The van der Waals surface area contributed by atoms with Crippen LogP contribution < -0.4 is 10.6 Å². The summed E-state index contributed by atoms with van der Waals surface area (Å²) in [5.74, 6) is 2.06. The normalized spacial score (nSPS) is 22.8. The van der Waals surface area contributed by atoms with Gasteiger partial charge in [0.05, 0.1) is 0 Å². The minimum atomic E-state index is 0. The Labute approximate surface area is 184 Å². The van der Waals surface area contributed by atoms with E-state index in [2.05, 4.69) is 27.8 Å². The van der Waals surface area contributed by atoms with Gasteiger partial charge in [0.1, 0.15) is 0 Å². The highest BCUT2D eigenvalue weighted by Crippen LogP contribution is 2.41. The van der Waals surface area contributed by atoms with Crippen molar-refractivity contribution in [1.82, 2.24) is 10.6 Å². The number of halogens is 2. The lowest BCUT2D eigenvalue weighted by atomic mass is 10.0. The van der Waals surface area contributed by atoms with Crippen molar-refractivity contribution in [1.29, 1.82) is 0 Å². The van der Waals surface area contributed by atoms with E-state index in [0.29, 0.717) is 17.9 Å². The Balaban J connectivity index is 0.00000261. The Morgan fingerprint density at radius 1 is 1.33 bits per heavy atom. The van der Waals surface area contributed by atoms with Crippen LogP contribution in [0.3, 0.4) is 0 Å². The van der Waals surface area contributed by atoms with E-state index < -0.39 is 0 Å².